The second-order valence-corrected chi connectivity index (χ2v) is 4.40. The molecule has 0 heterocycles. The molecule has 1 rings (SSSR count). The van der Waals surface area contributed by atoms with Crippen LogP contribution in [-0.2, 0) is 4.79 Å². The summed E-state index contributed by atoms with van der Waals surface area (Å²) in [6, 6.07) is 9.96. The van der Waals surface area contributed by atoms with E-state index in [1.807, 2.05) is 44.2 Å². The van der Waals surface area contributed by atoms with Gasteiger partial charge in [-0.3, -0.25) is 4.79 Å². The Bertz CT molecular complexity index is 390. The SMILES string of the molecule is CC[C@@H](CN=N[C@H](C)c1ccccc1)CC(=O)O. The van der Waals surface area contributed by atoms with Gasteiger partial charge in [0.15, 0.2) is 0 Å². The quantitative estimate of drug-likeness (QED) is 0.748. The summed E-state index contributed by atoms with van der Waals surface area (Å²) in [6.45, 7) is 4.45. The van der Waals surface area contributed by atoms with Crippen molar-refractivity contribution in [1.82, 2.24) is 0 Å². The van der Waals surface area contributed by atoms with Crippen LogP contribution in [0.5, 0.6) is 0 Å². The van der Waals surface area contributed by atoms with Gasteiger partial charge in [-0.1, -0.05) is 43.7 Å². The molecule has 0 amide bonds. The van der Waals surface area contributed by atoms with E-state index in [1.165, 1.54) is 0 Å². The monoisotopic (exact) mass is 248 g/mol. The van der Waals surface area contributed by atoms with Crippen LogP contribution in [0.15, 0.2) is 40.6 Å². The molecule has 1 aromatic carbocycles. The molecule has 0 unspecified atom stereocenters. The first-order valence-electron chi connectivity index (χ1n) is 6.26. The van der Waals surface area contributed by atoms with E-state index in [0.717, 1.165) is 12.0 Å². The Morgan fingerprint density at radius 3 is 2.56 bits per heavy atom. The fourth-order valence-corrected chi connectivity index (χ4v) is 1.67. The molecule has 0 bridgehead atoms. The average molecular weight is 248 g/mol. The predicted octanol–water partition coefficient (Wildman–Crippen LogP) is 3.70. The minimum atomic E-state index is -0.770. The van der Waals surface area contributed by atoms with Gasteiger partial charge in [-0.05, 0) is 18.4 Å². The first kappa shape index (κ1) is 14.4. The van der Waals surface area contributed by atoms with Crippen molar-refractivity contribution in [1.29, 1.82) is 0 Å². The minimum absolute atomic E-state index is 0.0218. The third-order valence-corrected chi connectivity index (χ3v) is 2.92. The van der Waals surface area contributed by atoms with Crippen molar-refractivity contribution in [3.63, 3.8) is 0 Å². The fraction of sp³-hybridized carbons (Fsp3) is 0.500. The van der Waals surface area contributed by atoms with Crippen molar-refractivity contribution < 1.29 is 9.90 Å². The molecule has 0 radical (unpaired) electrons. The molecule has 0 aliphatic rings. The lowest BCUT2D eigenvalue weighted by atomic mass is 10.0. The van der Waals surface area contributed by atoms with Gasteiger partial charge in [-0.25, -0.2) is 0 Å². The molecule has 0 aliphatic heterocycles. The van der Waals surface area contributed by atoms with Crippen LogP contribution in [0.3, 0.4) is 0 Å². The van der Waals surface area contributed by atoms with Gasteiger partial charge in [0, 0.05) is 6.42 Å². The van der Waals surface area contributed by atoms with E-state index in [0.29, 0.717) is 6.54 Å². The number of hydrogen-bond donors (Lipinski definition) is 1. The number of carbonyl (C=O) groups is 1. The molecule has 0 aromatic heterocycles. The van der Waals surface area contributed by atoms with Crippen molar-refractivity contribution in [3.8, 4) is 0 Å². The number of hydrogen-bond acceptors (Lipinski definition) is 3. The zero-order chi connectivity index (χ0) is 13.4. The highest BCUT2D eigenvalue weighted by Crippen LogP contribution is 2.17. The van der Waals surface area contributed by atoms with Crippen molar-refractivity contribution >= 4 is 5.97 Å². The summed E-state index contributed by atoms with van der Waals surface area (Å²) in [5, 5.41) is 17.1. The van der Waals surface area contributed by atoms with Gasteiger partial charge in [0.2, 0.25) is 0 Å². The first-order chi connectivity index (χ1) is 8.63. The zero-order valence-corrected chi connectivity index (χ0v) is 10.9. The zero-order valence-electron chi connectivity index (χ0n) is 10.9. The fourth-order valence-electron chi connectivity index (χ4n) is 1.67. The highest BCUT2D eigenvalue weighted by Gasteiger charge is 2.10. The van der Waals surface area contributed by atoms with E-state index in [-0.39, 0.29) is 18.4 Å². The van der Waals surface area contributed by atoms with Gasteiger partial charge >= 0.3 is 5.97 Å². The maximum atomic E-state index is 10.6. The molecular weight excluding hydrogens is 228 g/mol. The van der Waals surface area contributed by atoms with Gasteiger partial charge < -0.3 is 5.11 Å². The van der Waals surface area contributed by atoms with Crippen molar-refractivity contribution in [2.75, 3.05) is 6.54 Å². The summed E-state index contributed by atoms with van der Waals surface area (Å²) < 4.78 is 0. The van der Waals surface area contributed by atoms with Gasteiger partial charge in [0.1, 0.15) is 0 Å². The van der Waals surface area contributed by atoms with Crippen LogP contribution in [0.25, 0.3) is 0 Å². The summed E-state index contributed by atoms with van der Waals surface area (Å²) >= 11 is 0. The molecule has 4 nitrogen and oxygen atoms in total. The van der Waals surface area contributed by atoms with Crippen LogP contribution in [0, 0.1) is 5.92 Å². The first-order valence-corrected chi connectivity index (χ1v) is 6.26. The number of azo groups is 1. The van der Waals surface area contributed by atoms with Crippen LogP contribution in [0.4, 0.5) is 0 Å². The standard InChI is InChI=1S/C14H20N2O2/c1-3-12(9-14(17)18)10-15-16-11(2)13-7-5-4-6-8-13/h4-8,11-12H,3,9-10H2,1-2H3,(H,17,18)/t11-,12-/m1/s1. The van der Waals surface area contributed by atoms with Gasteiger partial charge in [-0.15, -0.1) is 0 Å². The predicted molar refractivity (Wildman–Crippen MR) is 70.6 cm³/mol. The summed E-state index contributed by atoms with van der Waals surface area (Å²) in [5.41, 5.74) is 1.12. The molecule has 4 heteroatoms. The molecule has 0 spiro atoms. The van der Waals surface area contributed by atoms with Crippen LogP contribution in [0.2, 0.25) is 0 Å². The Morgan fingerprint density at radius 1 is 1.33 bits per heavy atom. The van der Waals surface area contributed by atoms with E-state index >= 15 is 0 Å². The normalized spacial score (nSPS) is 14.6. The van der Waals surface area contributed by atoms with E-state index < -0.39 is 5.97 Å². The maximum Gasteiger partial charge on any atom is 0.303 e. The van der Waals surface area contributed by atoms with E-state index in [4.69, 9.17) is 5.11 Å². The Morgan fingerprint density at radius 2 is 2.00 bits per heavy atom. The lowest BCUT2D eigenvalue weighted by Crippen LogP contribution is -2.09. The number of carboxylic acid groups (broad SMARTS) is 1. The highest BCUT2D eigenvalue weighted by molar-refractivity contribution is 5.67. The van der Waals surface area contributed by atoms with Crippen LogP contribution in [0.1, 0.15) is 38.3 Å². The average Bonchev–Trinajstić information content (AvgIpc) is 2.38. The second-order valence-electron chi connectivity index (χ2n) is 4.40. The number of benzene rings is 1. The third-order valence-electron chi connectivity index (χ3n) is 2.92. The van der Waals surface area contributed by atoms with Crippen molar-refractivity contribution in [2.24, 2.45) is 16.1 Å². The number of rotatable bonds is 7. The number of aliphatic carboxylic acids is 1. The summed E-state index contributed by atoms with van der Waals surface area (Å²) in [5.74, 6) is -0.692. The lowest BCUT2D eigenvalue weighted by molar-refractivity contribution is -0.138. The Kier molecular flexibility index (Phi) is 6.05. The van der Waals surface area contributed by atoms with E-state index in [2.05, 4.69) is 10.2 Å². The highest BCUT2D eigenvalue weighted by atomic mass is 16.4. The van der Waals surface area contributed by atoms with Crippen molar-refractivity contribution in [2.45, 2.75) is 32.7 Å². The molecule has 0 saturated carbocycles. The van der Waals surface area contributed by atoms with Crippen LogP contribution in [-0.4, -0.2) is 17.6 Å². The second kappa shape index (κ2) is 7.58. The molecule has 0 fully saturated rings. The van der Waals surface area contributed by atoms with Gasteiger partial charge in [0.05, 0.1) is 12.6 Å². The minimum Gasteiger partial charge on any atom is -0.481 e. The molecule has 18 heavy (non-hydrogen) atoms. The molecule has 2 atom stereocenters. The Hall–Kier alpha value is -1.71. The summed E-state index contributed by atoms with van der Waals surface area (Å²) in [4.78, 5) is 10.6. The molecule has 1 N–H and O–H groups in total. The number of nitrogens with zero attached hydrogens (tertiary/aromatic N) is 2. The van der Waals surface area contributed by atoms with E-state index in [1.54, 1.807) is 0 Å². The largest absolute Gasteiger partial charge is 0.481 e. The van der Waals surface area contributed by atoms with Crippen LogP contribution >= 0.6 is 0 Å². The van der Waals surface area contributed by atoms with E-state index in [9.17, 15) is 4.79 Å². The maximum absolute atomic E-state index is 10.6. The van der Waals surface area contributed by atoms with Gasteiger partial charge in [-0.2, -0.15) is 10.2 Å². The molecule has 1 aromatic rings. The Balaban J connectivity index is 2.46. The summed E-state index contributed by atoms with van der Waals surface area (Å²) in [6.07, 6.45) is 0.972. The molecule has 98 valence electrons. The third kappa shape index (κ3) is 5.08. The molecule has 0 saturated heterocycles. The molecular formula is C14H20N2O2. The lowest BCUT2D eigenvalue weighted by Gasteiger charge is -2.09. The molecule has 0 aliphatic carbocycles. The smallest absolute Gasteiger partial charge is 0.303 e. The van der Waals surface area contributed by atoms with Crippen LogP contribution < -0.4 is 0 Å². The topological polar surface area (TPSA) is 62.0 Å². The van der Waals surface area contributed by atoms with Crippen molar-refractivity contribution in [3.05, 3.63) is 35.9 Å². The number of carboxylic acids is 1. The summed E-state index contributed by atoms with van der Waals surface area (Å²) in [7, 11) is 0. The Labute approximate surface area is 108 Å². The van der Waals surface area contributed by atoms with Gasteiger partial charge in [0.25, 0.3) is 0 Å².